The SMILES string of the molecule is CC(C)(C)[Si](C)(C)OC[C@H]1CNCCN1. The van der Waals surface area contributed by atoms with E-state index in [0.717, 1.165) is 26.2 Å². The van der Waals surface area contributed by atoms with Crippen molar-refractivity contribution in [3.05, 3.63) is 0 Å². The molecular formula is C11H26N2OSi. The second-order valence-electron chi connectivity index (χ2n) is 5.93. The summed E-state index contributed by atoms with van der Waals surface area (Å²) in [5.74, 6) is 0. The Bertz CT molecular complexity index is 195. The average molecular weight is 230 g/mol. The summed E-state index contributed by atoms with van der Waals surface area (Å²) in [4.78, 5) is 0. The Kier molecular flexibility index (Phi) is 4.35. The van der Waals surface area contributed by atoms with Gasteiger partial charge in [0.1, 0.15) is 0 Å². The Morgan fingerprint density at radius 3 is 2.40 bits per heavy atom. The van der Waals surface area contributed by atoms with Crippen LogP contribution in [0.2, 0.25) is 18.1 Å². The summed E-state index contributed by atoms with van der Waals surface area (Å²) in [6.07, 6.45) is 0. The van der Waals surface area contributed by atoms with E-state index >= 15 is 0 Å². The fourth-order valence-electron chi connectivity index (χ4n) is 1.36. The highest BCUT2D eigenvalue weighted by molar-refractivity contribution is 6.74. The van der Waals surface area contributed by atoms with Crippen molar-refractivity contribution in [1.82, 2.24) is 10.6 Å². The van der Waals surface area contributed by atoms with E-state index in [9.17, 15) is 0 Å². The maximum atomic E-state index is 6.17. The van der Waals surface area contributed by atoms with Gasteiger partial charge in [0.15, 0.2) is 8.32 Å². The van der Waals surface area contributed by atoms with E-state index in [-0.39, 0.29) is 0 Å². The number of piperazine rings is 1. The predicted molar refractivity (Wildman–Crippen MR) is 67.8 cm³/mol. The zero-order valence-electron chi connectivity index (χ0n) is 10.8. The molecule has 0 spiro atoms. The van der Waals surface area contributed by atoms with E-state index in [4.69, 9.17) is 4.43 Å². The van der Waals surface area contributed by atoms with Gasteiger partial charge in [-0.2, -0.15) is 0 Å². The summed E-state index contributed by atoms with van der Waals surface area (Å²) in [5, 5.41) is 7.18. The minimum absolute atomic E-state index is 0.315. The first kappa shape index (κ1) is 13.2. The molecule has 1 heterocycles. The van der Waals surface area contributed by atoms with Crippen molar-refractivity contribution < 1.29 is 4.43 Å². The Hall–Kier alpha value is 0.0969. The fourth-order valence-corrected chi connectivity index (χ4v) is 2.41. The number of hydrogen-bond acceptors (Lipinski definition) is 3. The molecule has 0 aromatic heterocycles. The summed E-state index contributed by atoms with van der Waals surface area (Å²) in [5.41, 5.74) is 0. The second-order valence-corrected chi connectivity index (χ2v) is 10.7. The maximum absolute atomic E-state index is 6.17. The zero-order valence-corrected chi connectivity index (χ0v) is 11.8. The molecule has 1 atom stereocenters. The van der Waals surface area contributed by atoms with Crippen molar-refractivity contribution in [2.24, 2.45) is 0 Å². The lowest BCUT2D eigenvalue weighted by atomic mass is 10.2. The lowest BCUT2D eigenvalue weighted by Crippen LogP contribution is -2.53. The van der Waals surface area contributed by atoms with Gasteiger partial charge in [-0.1, -0.05) is 20.8 Å². The van der Waals surface area contributed by atoms with Crippen LogP contribution in [0.5, 0.6) is 0 Å². The molecule has 1 fully saturated rings. The minimum atomic E-state index is -1.56. The van der Waals surface area contributed by atoms with E-state index in [2.05, 4.69) is 44.5 Å². The Labute approximate surface area is 95.1 Å². The summed E-state index contributed by atoms with van der Waals surface area (Å²) in [7, 11) is -1.56. The van der Waals surface area contributed by atoms with E-state index in [1.54, 1.807) is 0 Å². The third-order valence-corrected chi connectivity index (χ3v) is 8.08. The van der Waals surface area contributed by atoms with E-state index in [1.165, 1.54) is 0 Å². The van der Waals surface area contributed by atoms with Crippen molar-refractivity contribution >= 4 is 8.32 Å². The van der Waals surface area contributed by atoms with Crippen LogP contribution in [-0.4, -0.2) is 40.6 Å². The molecule has 1 aliphatic heterocycles. The smallest absolute Gasteiger partial charge is 0.192 e. The molecule has 0 bridgehead atoms. The largest absolute Gasteiger partial charge is 0.415 e. The summed E-state index contributed by atoms with van der Waals surface area (Å²) in [6, 6.07) is 0.493. The predicted octanol–water partition coefficient (Wildman–Crippen LogP) is 1.57. The van der Waals surface area contributed by atoms with Crippen LogP contribution in [0, 0.1) is 0 Å². The van der Waals surface area contributed by atoms with Gasteiger partial charge in [0, 0.05) is 25.7 Å². The quantitative estimate of drug-likeness (QED) is 0.722. The van der Waals surface area contributed by atoms with Crippen LogP contribution in [0.1, 0.15) is 20.8 Å². The Morgan fingerprint density at radius 1 is 1.27 bits per heavy atom. The summed E-state index contributed by atoms with van der Waals surface area (Å²) in [6.45, 7) is 15.5. The van der Waals surface area contributed by atoms with Crippen LogP contribution in [0.3, 0.4) is 0 Å². The standard InChI is InChI=1S/C11H26N2OSi/c1-11(2,3)15(4,5)14-9-10-8-12-6-7-13-10/h10,12-13H,6-9H2,1-5H3/t10-/m1/s1. The van der Waals surface area contributed by atoms with Crippen LogP contribution < -0.4 is 10.6 Å². The monoisotopic (exact) mass is 230 g/mol. The Balaban J connectivity index is 2.35. The molecule has 0 unspecified atom stereocenters. The van der Waals surface area contributed by atoms with Crippen LogP contribution in [-0.2, 0) is 4.43 Å². The van der Waals surface area contributed by atoms with E-state index < -0.39 is 8.32 Å². The van der Waals surface area contributed by atoms with Gasteiger partial charge in [-0.05, 0) is 18.1 Å². The summed E-state index contributed by atoms with van der Waals surface area (Å²) >= 11 is 0. The van der Waals surface area contributed by atoms with Gasteiger partial charge >= 0.3 is 0 Å². The van der Waals surface area contributed by atoms with E-state index in [0.29, 0.717) is 11.1 Å². The molecule has 0 amide bonds. The lowest BCUT2D eigenvalue weighted by molar-refractivity contribution is 0.228. The minimum Gasteiger partial charge on any atom is -0.415 e. The molecule has 15 heavy (non-hydrogen) atoms. The molecule has 0 aliphatic carbocycles. The first-order valence-corrected chi connectivity index (χ1v) is 8.82. The highest BCUT2D eigenvalue weighted by Crippen LogP contribution is 2.36. The first-order chi connectivity index (χ1) is 6.83. The van der Waals surface area contributed by atoms with Crippen LogP contribution in [0.25, 0.3) is 0 Å². The molecule has 4 heteroatoms. The van der Waals surface area contributed by atoms with Crippen molar-refractivity contribution in [1.29, 1.82) is 0 Å². The van der Waals surface area contributed by atoms with E-state index in [1.807, 2.05) is 0 Å². The van der Waals surface area contributed by atoms with Gasteiger partial charge < -0.3 is 15.1 Å². The molecule has 2 N–H and O–H groups in total. The first-order valence-electron chi connectivity index (χ1n) is 5.91. The highest BCUT2D eigenvalue weighted by Gasteiger charge is 2.37. The molecule has 3 nitrogen and oxygen atoms in total. The van der Waals surface area contributed by atoms with Crippen LogP contribution in [0.4, 0.5) is 0 Å². The average Bonchev–Trinajstić information content (AvgIpc) is 2.15. The number of rotatable bonds is 3. The molecule has 0 saturated carbocycles. The van der Waals surface area contributed by atoms with Crippen molar-refractivity contribution in [3.63, 3.8) is 0 Å². The molecule has 90 valence electrons. The zero-order chi connectivity index (χ0) is 11.5. The third-order valence-electron chi connectivity index (χ3n) is 3.58. The molecule has 1 rings (SSSR count). The maximum Gasteiger partial charge on any atom is 0.192 e. The molecule has 0 aromatic carbocycles. The van der Waals surface area contributed by atoms with Gasteiger partial charge in [-0.25, -0.2) is 0 Å². The van der Waals surface area contributed by atoms with Crippen LogP contribution in [0.15, 0.2) is 0 Å². The van der Waals surface area contributed by atoms with Gasteiger partial charge in [0.05, 0.1) is 6.61 Å². The second kappa shape index (κ2) is 4.95. The molecule has 1 saturated heterocycles. The molecular weight excluding hydrogens is 204 g/mol. The summed E-state index contributed by atoms with van der Waals surface area (Å²) < 4.78 is 6.17. The van der Waals surface area contributed by atoms with Crippen molar-refractivity contribution in [2.75, 3.05) is 26.2 Å². The number of nitrogens with one attached hydrogen (secondary N) is 2. The van der Waals surface area contributed by atoms with Gasteiger partial charge in [-0.3, -0.25) is 0 Å². The highest BCUT2D eigenvalue weighted by atomic mass is 28.4. The lowest BCUT2D eigenvalue weighted by Gasteiger charge is -2.38. The molecule has 1 aliphatic rings. The third kappa shape index (κ3) is 3.87. The van der Waals surface area contributed by atoms with Crippen molar-refractivity contribution in [2.45, 2.75) is 44.9 Å². The molecule has 0 aromatic rings. The van der Waals surface area contributed by atoms with Crippen molar-refractivity contribution in [3.8, 4) is 0 Å². The Morgan fingerprint density at radius 2 is 1.93 bits per heavy atom. The topological polar surface area (TPSA) is 33.3 Å². The van der Waals surface area contributed by atoms with Crippen LogP contribution >= 0.6 is 0 Å². The van der Waals surface area contributed by atoms with Gasteiger partial charge in [0.2, 0.25) is 0 Å². The normalized spacial score (nSPS) is 24.2. The van der Waals surface area contributed by atoms with Gasteiger partial charge in [-0.15, -0.1) is 0 Å². The molecule has 0 radical (unpaired) electrons. The fraction of sp³-hybridized carbons (Fsp3) is 1.00. The number of hydrogen-bond donors (Lipinski definition) is 2. The van der Waals surface area contributed by atoms with Gasteiger partial charge in [0.25, 0.3) is 0 Å².